The summed E-state index contributed by atoms with van der Waals surface area (Å²) >= 11 is 0. The number of fused-ring (bicyclic) bond motifs is 2. The third-order valence-corrected chi connectivity index (χ3v) is 11.2. The highest BCUT2D eigenvalue weighted by molar-refractivity contribution is 5.78. The van der Waals surface area contributed by atoms with E-state index >= 15 is 0 Å². The van der Waals surface area contributed by atoms with Crippen LogP contribution in [0.15, 0.2) is 0 Å². The molecule has 0 aromatic carbocycles. The number of alkyl halides is 6. The zero-order valence-electron chi connectivity index (χ0n) is 20.5. The van der Waals surface area contributed by atoms with Crippen molar-refractivity contribution in [1.29, 1.82) is 0 Å². The molecule has 200 valence electrons. The Bertz CT molecular complexity index is 809. The molecule has 0 spiro atoms. The molecule has 9 heteroatoms. The Morgan fingerprint density at radius 1 is 0.886 bits per heavy atom. The number of rotatable bonds is 5. The van der Waals surface area contributed by atoms with Gasteiger partial charge in [0, 0.05) is 0 Å². The molecule has 6 aliphatic carbocycles. The van der Waals surface area contributed by atoms with Crippen LogP contribution >= 0.6 is 0 Å². The molecular weight excluding hydrogens is 474 g/mol. The minimum atomic E-state index is -6.03. The van der Waals surface area contributed by atoms with E-state index in [-0.39, 0.29) is 29.6 Å². The van der Waals surface area contributed by atoms with Crippen molar-refractivity contribution in [3.05, 3.63) is 0 Å². The summed E-state index contributed by atoms with van der Waals surface area (Å²) in [5.41, 5.74) is -6.24. The SMILES string of the molecule is CC1C2CC(C1C)C(C)(C(=O)OC(CC1C3CC4CC(C3)CC1C4)C(O)(C(F)(F)F)C(F)(F)F)C2. The second kappa shape index (κ2) is 8.00. The van der Waals surface area contributed by atoms with E-state index in [9.17, 15) is 36.2 Å². The maximum Gasteiger partial charge on any atom is 0.430 e. The van der Waals surface area contributed by atoms with E-state index in [1.807, 2.05) is 6.92 Å². The molecule has 6 unspecified atom stereocenters. The van der Waals surface area contributed by atoms with Gasteiger partial charge in [0.25, 0.3) is 5.60 Å². The first-order valence-electron chi connectivity index (χ1n) is 13.1. The molecule has 6 atom stereocenters. The molecule has 0 aliphatic heterocycles. The van der Waals surface area contributed by atoms with Crippen LogP contribution in [0.2, 0.25) is 0 Å². The molecule has 6 bridgehead atoms. The van der Waals surface area contributed by atoms with Gasteiger partial charge in [-0.1, -0.05) is 13.8 Å². The lowest BCUT2D eigenvalue weighted by atomic mass is 9.51. The van der Waals surface area contributed by atoms with Crippen molar-refractivity contribution in [2.24, 2.45) is 58.7 Å². The fourth-order valence-corrected chi connectivity index (χ4v) is 9.36. The van der Waals surface area contributed by atoms with Gasteiger partial charge in [-0.2, -0.15) is 26.3 Å². The zero-order chi connectivity index (χ0) is 25.7. The minimum Gasteiger partial charge on any atom is -0.458 e. The second-order valence-corrected chi connectivity index (χ2v) is 12.9. The Morgan fingerprint density at radius 2 is 1.40 bits per heavy atom. The number of esters is 1. The maximum atomic E-state index is 14.0. The molecule has 6 fully saturated rings. The summed E-state index contributed by atoms with van der Waals surface area (Å²) in [6.45, 7) is 5.66. The van der Waals surface area contributed by atoms with Crippen LogP contribution in [0.3, 0.4) is 0 Å². The Hall–Kier alpha value is -0.990. The predicted octanol–water partition coefficient (Wildman–Crippen LogP) is 6.53. The minimum absolute atomic E-state index is 0.0251. The van der Waals surface area contributed by atoms with Gasteiger partial charge in [0.2, 0.25) is 0 Å². The van der Waals surface area contributed by atoms with Gasteiger partial charge in [-0.3, -0.25) is 4.79 Å². The molecule has 35 heavy (non-hydrogen) atoms. The topological polar surface area (TPSA) is 46.5 Å². The number of carbonyl (C=O) groups excluding carboxylic acids is 1. The molecule has 0 heterocycles. The fraction of sp³-hybridized carbons (Fsp3) is 0.962. The first kappa shape index (κ1) is 25.7. The summed E-state index contributed by atoms with van der Waals surface area (Å²) in [6, 6.07) is 0. The number of hydrogen-bond acceptors (Lipinski definition) is 3. The quantitative estimate of drug-likeness (QED) is 0.338. The van der Waals surface area contributed by atoms with Crippen LogP contribution in [0, 0.1) is 58.7 Å². The van der Waals surface area contributed by atoms with Gasteiger partial charge >= 0.3 is 18.3 Å². The average Bonchev–Trinajstić information content (AvgIpc) is 3.22. The summed E-state index contributed by atoms with van der Waals surface area (Å²) in [6.07, 6.45) is -9.98. The van der Waals surface area contributed by atoms with E-state index in [0.717, 1.165) is 38.5 Å². The van der Waals surface area contributed by atoms with Gasteiger partial charge in [-0.15, -0.1) is 0 Å². The Labute approximate surface area is 202 Å². The number of ether oxygens (including phenoxy) is 1. The lowest BCUT2D eigenvalue weighted by Gasteiger charge is -2.55. The van der Waals surface area contributed by atoms with Crippen molar-refractivity contribution in [2.75, 3.05) is 0 Å². The van der Waals surface area contributed by atoms with Gasteiger partial charge < -0.3 is 9.84 Å². The van der Waals surface area contributed by atoms with E-state index in [4.69, 9.17) is 4.74 Å². The van der Waals surface area contributed by atoms with Crippen LogP contribution in [0.4, 0.5) is 26.3 Å². The molecular formula is C26H36F6O3. The standard InChI is InChI=1S/C26H36F6O3/c1-12-13(2)20-9-18(12)11-23(20,3)22(33)35-21(24(34,25(27,28)29)26(30,31)32)10-19-16-5-14-4-15(7-16)8-17(19)6-14/h12-21,34H,4-11H2,1-3H3. The summed E-state index contributed by atoms with van der Waals surface area (Å²) in [5, 5.41) is 10.4. The molecule has 0 aromatic heterocycles. The average molecular weight is 511 g/mol. The van der Waals surface area contributed by atoms with Gasteiger partial charge in [0.05, 0.1) is 5.41 Å². The smallest absolute Gasteiger partial charge is 0.430 e. The number of hydrogen-bond donors (Lipinski definition) is 1. The van der Waals surface area contributed by atoms with Crippen molar-refractivity contribution in [2.45, 2.75) is 96.2 Å². The second-order valence-electron chi connectivity index (χ2n) is 12.9. The van der Waals surface area contributed by atoms with Gasteiger partial charge in [-0.25, -0.2) is 0 Å². The lowest BCUT2D eigenvalue weighted by molar-refractivity contribution is -0.393. The highest BCUT2D eigenvalue weighted by Crippen LogP contribution is 2.62. The molecule has 0 saturated heterocycles. The van der Waals surface area contributed by atoms with Crippen molar-refractivity contribution in [1.82, 2.24) is 0 Å². The van der Waals surface area contributed by atoms with E-state index in [1.54, 1.807) is 6.92 Å². The summed E-state index contributed by atoms with van der Waals surface area (Å²) in [4.78, 5) is 13.4. The molecule has 6 aliphatic rings. The van der Waals surface area contributed by atoms with Crippen LogP contribution in [0.1, 0.15) is 72.1 Å². The molecule has 6 saturated carbocycles. The van der Waals surface area contributed by atoms with Crippen molar-refractivity contribution in [3.8, 4) is 0 Å². The zero-order valence-corrected chi connectivity index (χ0v) is 20.5. The summed E-state index contributed by atoms with van der Waals surface area (Å²) in [7, 11) is 0. The Balaban J connectivity index is 1.45. The van der Waals surface area contributed by atoms with Crippen LogP contribution in [0.25, 0.3) is 0 Å². The highest BCUT2D eigenvalue weighted by Gasteiger charge is 2.76. The first-order valence-corrected chi connectivity index (χ1v) is 13.1. The summed E-state index contributed by atoms with van der Waals surface area (Å²) in [5.74, 6) is 0.0828. The monoisotopic (exact) mass is 510 g/mol. The van der Waals surface area contributed by atoms with Crippen LogP contribution in [-0.2, 0) is 9.53 Å². The van der Waals surface area contributed by atoms with Gasteiger partial charge in [0.1, 0.15) is 6.10 Å². The van der Waals surface area contributed by atoms with Crippen molar-refractivity contribution < 1.29 is 41.0 Å². The van der Waals surface area contributed by atoms with Crippen LogP contribution in [-0.4, -0.2) is 35.1 Å². The number of aliphatic hydroxyl groups is 1. The third-order valence-electron chi connectivity index (χ3n) is 11.2. The van der Waals surface area contributed by atoms with E-state index in [2.05, 4.69) is 6.92 Å². The fourth-order valence-electron chi connectivity index (χ4n) is 9.36. The Kier molecular flexibility index (Phi) is 5.87. The maximum absolute atomic E-state index is 14.0. The molecule has 0 amide bonds. The number of halogens is 6. The number of carbonyl (C=O) groups is 1. The van der Waals surface area contributed by atoms with Crippen molar-refractivity contribution >= 4 is 5.97 Å². The largest absolute Gasteiger partial charge is 0.458 e. The third kappa shape index (κ3) is 3.75. The lowest BCUT2D eigenvalue weighted by Crippen LogP contribution is -2.66. The molecule has 0 aromatic rings. The molecule has 0 radical (unpaired) electrons. The summed E-state index contributed by atoms with van der Waals surface area (Å²) < 4.78 is 89.2. The normalized spacial score (nSPS) is 45.7. The van der Waals surface area contributed by atoms with E-state index in [0.29, 0.717) is 24.2 Å². The van der Waals surface area contributed by atoms with Crippen molar-refractivity contribution in [3.63, 3.8) is 0 Å². The molecule has 3 nitrogen and oxygen atoms in total. The van der Waals surface area contributed by atoms with Crippen LogP contribution < -0.4 is 0 Å². The van der Waals surface area contributed by atoms with Gasteiger partial charge in [-0.05, 0) is 112 Å². The Morgan fingerprint density at radius 3 is 1.83 bits per heavy atom. The highest BCUT2D eigenvalue weighted by atomic mass is 19.4. The van der Waals surface area contributed by atoms with Crippen LogP contribution in [0.5, 0.6) is 0 Å². The van der Waals surface area contributed by atoms with E-state index in [1.165, 1.54) is 0 Å². The predicted molar refractivity (Wildman–Crippen MR) is 115 cm³/mol. The molecule has 1 N–H and O–H groups in total. The molecule has 6 rings (SSSR count). The van der Waals surface area contributed by atoms with Gasteiger partial charge in [0.15, 0.2) is 0 Å². The van der Waals surface area contributed by atoms with E-state index < -0.39 is 47.8 Å². The first-order chi connectivity index (χ1) is 16.1.